The number of carbonyl (C=O) groups excluding carboxylic acids is 3. The standard InChI is InChI=1S/C33H37ClF4N6O5/c1-33(2,3)49-32(47)44-16-19(17-44)15-43-13-18(14-43)9-10-39-29(45)21-6-5-20(11-23(21)34)41-30(46)28-40-12-24(42(28)4)22-7-8-25(48-31(37)38)27(36)26(22)35/h5-8,11-12,18-19,31H,9-10,13-17H2,1-4H3,(H,39,45)(H,41,46). The molecule has 0 bridgehead atoms. The minimum absolute atomic E-state index is 0.00908. The van der Waals surface area contributed by atoms with E-state index in [0.717, 1.165) is 44.4 Å². The third-order valence-corrected chi connectivity index (χ3v) is 8.51. The number of hydrogen-bond donors (Lipinski definition) is 2. The summed E-state index contributed by atoms with van der Waals surface area (Å²) in [5.41, 5.74) is -0.324. The molecule has 2 aliphatic rings. The van der Waals surface area contributed by atoms with E-state index in [2.05, 4.69) is 25.3 Å². The van der Waals surface area contributed by atoms with Gasteiger partial charge in [0.05, 0.1) is 22.5 Å². The molecule has 0 atom stereocenters. The molecule has 2 saturated heterocycles. The molecule has 0 spiro atoms. The summed E-state index contributed by atoms with van der Waals surface area (Å²) in [6.07, 6.45) is 1.67. The molecule has 3 aromatic rings. The Morgan fingerprint density at radius 3 is 2.39 bits per heavy atom. The summed E-state index contributed by atoms with van der Waals surface area (Å²) in [6, 6.07) is 6.27. The molecule has 49 heavy (non-hydrogen) atoms. The maximum absolute atomic E-state index is 14.7. The Morgan fingerprint density at radius 2 is 1.73 bits per heavy atom. The third-order valence-electron chi connectivity index (χ3n) is 8.20. The quantitative estimate of drug-likeness (QED) is 0.242. The Labute approximate surface area is 285 Å². The highest BCUT2D eigenvalue weighted by molar-refractivity contribution is 6.34. The SMILES string of the molecule is Cn1c(-c2ccc(OC(F)F)c(F)c2F)cnc1C(=O)Nc1ccc(C(=O)NCCC2CN(CC3CN(C(=O)OC(C)(C)C)C3)C2)c(Cl)c1. The largest absolute Gasteiger partial charge is 0.444 e. The van der Waals surface area contributed by atoms with E-state index in [9.17, 15) is 31.9 Å². The summed E-state index contributed by atoms with van der Waals surface area (Å²) in [7, 11) is 1.40. The van der Waals surface area contributed by atoms with Crippen LogP contribution < -0.4 is 15.4 Å². The second kappa shape index (κ2) is 14.6. The number of ether oxygens (including phenoxy) is 2. The molecule has 3 amide bonds. The molecular formula is C33H37ClF4N6O5. The van der Waals surface area contributed by atoms with Crippen molar-refractivity contribution in [3.8, 4) is 17.0 Å². The van der Waals surface area contributed by atoms with Gasteiger partial charge in [-0.3, -0.25) is 9.59 Å². The fourth-order valence-corrected chi connectivity index (χ4v) is 6.04. The first-order chi connectivity index (χ1) is 23.1. The van der Waals surface area contributed by atoms with E-state index < -0.39 is 35.5 Å². The van der Waals surface area contributed by atoms with Crippen LogP contribution in [-0.4, -0.2) is 88.7 Å². The van der Waals surface area contributed by atoms with Crippen LogP contribution >= 0.6 is 11.6 Å². The molecule has 3 heterocycles. The number of hydrogen-bond acceptors (Lipinski definition) is 7. The van der Waals surface area contributed by atoms with E-state index in [-0.39, 0.29) is 45.4 Å². The van der Waals surface area contributed by atoms with Crippen LogP contribution in [0.2, 0.25) is 5.02 Å². The lowest BCUT2D eigenvalue weighted by atomic mass is 9.92. The van der Waals surface area contributed by atoms with Gasteiger partial charge in [0.25, 0.3) is 11.8 Å². The molecule has 0 unspecified atom stereocenters. The van der Waals surface area contributed by atoms with Crippen LogP contribution in [0.25, 0.3) is 11.3 Å². The molecule has 2 aliphatic heterocycles. The Morgan fingerprint density at radius 1 is 1.02 bits per heavy atom. The van der Waals surface area contributed by atoms with Crippen LogP contribution in [0.15, 0.2) is 36.5 Å². The zero-order valence-corrected chi connectivity index (χ0v) is 28.1. The Hall–Kier alpha value is -4.37. The number of benzene rings is 2. The maximum Gasteiger partial charge on any atom is 0.410 e. The molecular weight excluding hydrogens is 672 g/mol. The molecule has 16 heteroatoms. The molecule has 2 fully saturated rings. The van der Waals surface area contributed by atoms with Gasteiger partial charge in [0.15, 0.2) is 17.4 Å². The van der Waals surface area contributed by atoms with Crippen molar-refractivity contribution in [2.24, 2.45) is 18.9 Å². The van der Waals surface area contributed by atoms with Gasteiger partial charge in [0.1, 0.15) is 5.60 Å². The number of imidazole rings is 1. The first kappa shape index (κ1) is 35.9. The van der Waals surface area contributed by atoms with Gasteiger partial charge in [-0.2, -0.15) is 13.2 Å². The lowest BCUT2D eigenvalue weighted by Gasteiger charge is -2.46. The number of halogens is 5. The van der Waals surface area contributed by atoms with Crippen molar-refractivity contribution >= 4 is 35.2 Å². The van der Waals surface area contributed by atoms with Crippen molar-refractivity contribution in [2.75, 3.05) is 44.6 Å². The molecule has 11 nitrogen and oxygen atoms in total. The first-order valence-corrected chi connectivity index (χ1v) is 16.0. The van der Waals surface area contributed by atoms with Gasteiger partial charge in [0.2, 0.25) is 5.82 Å². The van der Waals surface area contributed by atoms with E-state index in [0.29, 0.717) is 31.5 Å². The topological polar surface area (TPSA) is 118 Å². The fourth-order valence-electron chi connectivity index (χ4n) is 5.77. The van der Waals surface area contributed by atoms with Gasteiger partial charge in [-0.1, -0.05) is 11.6 Å². The summed E-state index contributed by atoms with van der Waals surface area (Å²) in [4.78, 5) is 45.9. The number of rotatable bonds is 11. The van der Waals surface area contributed by atoms with E-state index in [1.54, 1.807) is 4.90 Å². The van der Waals surface area contributed by atoms with Crippen LogP contribution in [0.1, 0.15) is 48.2 Å². The zero-order valence-electron chi connectivity index (χ0n) is 27.4. The molecule has 264 valence electrons. The molecule has 1 aromatic heterocycles. The van der Waals surface area contributed by atoms with Crippen molar-refractivity contribution in [1.29, 1.82) is 0 Å². The highest BCUT2D eigenvalue weighted by Gasteiger charge is 2.37. The Kier molecular flexibility index (Phi) is 10.7. The third kappa shape index (κ3) is 8.63. The fraction of sp³-hybridized carbons (Fsp3) is 0.455. The predicted molar refractivity (Wildman–Crippen MR) is 173 cm³/mol. The van der Waals surface area contributed by atoms with E-state index in [1.807, 2.05) is 20.8 Å². The normalized spacial score (nSPS) is 15.5. The minimum atomic E-state index is -3.33. The summed E-state index contributed by atoms with van der Waals surface area (Å²) >= 11 is 6.37. The highest BCUT2D eigenvalue weighted by atomic mass is 35.5. The average molecular weight is 709 g/mol. The van der Waals surface area contributed by atoms with Gasteiger partial charge in [-0.05, 0) is 63.4 Å². The molecule has 2 aromatic carbocycles. The molecule has 2 N–H and O–H groups in total. The molecule has 5 rings (SSSR count). The predicted octanol–water partition coefficient (Wildman–Crippen LogP) is 5.79. The van der Waals surface area contributed by atoms with Crippen molar-refractivity contribution in [1.82, 2.24) is 24.7 Å². The summed E-state index contributed by atoms with van der Waals surface area (Å²) in [6.45, 7) is 6.87. The van der Waals surface area contributed by atoms with Gasteiger partial charge in [0, 0.05) is 63.5 Å². The summed E-state index contributed by atoms with van der Waals surface area (Å²) < 4.78 is 64.4. The van der Waals surface area contributed by atoms with E-state index in [1.165, 1.54) is 29.8 Å². The van der Waals surface area contributed by atoms with Gasteiger partial charge >= 0.3 is 12.7 Å². The molecule has 0 aliphatic carbocycles. The number of anilines is 1. The number of nitrogens with zero attached hydrogens (tertiary/aromatic N) is 4. The van der Waals surface area contributed by atoms with Crippen molar-refractivity contribution in [3.63, 3.8) is 0 Å². The van der Waals surface area contributed by atoms with Crippen molar-refractivity contribution in [2.45, 2.75) is 39.4 Å². The second-order valence-corrected chi connectivity index (χ2v) is 13.6. The second-order valence-electron chi connectivity index (χ2n) is 13.2. The van der Waals surface area contributed by atoms with Gasteiger partial charge in [-0.15, -0.1) is 0 Å². The molecule has 0 radical (unpaired) electrons. The van der Waals surface area contributed by atoms with Crippen molar-refractivity contribution in [3.05, 3.63) is 64.6 Å². The van der Waals surface area contributed by atoms with Crippen LogP contribution in [0, 0.1) is 23.5 Å². The van der Waals surface area contributed by atoms with Crippen molar-refractivity contribution < 1.29 is 41.4 Å². The average Bonchev–Trinajstić information content (AvgIpc) is 3.34. The first-order valence-electron chi connectivity index (χ1n) is 15.6. The smallest absolute Gasteiger partial charge is 0.410 e. The minimum Gasteiger partial charge on any atom is -0.444 e. The Balaban J connectivity index is 1.06. The van der Waals surface area contributed by atoms with Crippen LogP contribution in [0.3, 0.4) is 0 Å². The summed E-state index contributed by atoms with van der Waals surface area (Å²) in [5.74, 6) is -4.33. The van der Waals surface area contributed by atoms with E-state index >= 15 is 0 Å². The number of aromatic nitrogens is 2. The van der Waals surface area contributed by atoms with Crippen LogP contribution in [0.4, 0.5) is 28.0 Å². The van der Waals surface area contributed by atoms with Crippen LogP contribution in [-0.2, 0) is 11.8 Å². The Bertz CT molecular complexity index is 1720. The lowest BCUT2D eigenvalue weighted by molar-refractivity contribution is -0.0525. The number of amides is 3. The van der Waals surface area contributed by atoms with Gasteiger partial charge in [-0.25, -0.2) is 14.2 Å². The molecule has 0 saturated carbocycles. The monoisotopic (exact) mass is 708 g/mol. The summed E-state index contributed by atoms with van der Waals surface area (Å²) in [5, 5.41) is 5.59. The zero-order chi connectivity index (χ0) is 35.6. The number of likely N-dealkylation sites (tertiary alicyclic amines) is 2. The highest BCUT2D eigenvalue weighted by Crippen LogP contribution is 2.31. The number of alkyl halides is 2. The van der Waals surface area contributed by atoms with E-state index in [4.69, 9.17) is 16.3 Å². The number of carbonyl (C=O) groups is 3. The van der Waals surface area contributed by atoms with Crippen LogP contribution in [0.5, 0.6) is 5.75 Å². The lowest BCUT2D eigenvalue weighted by Crippen LogP contribution is -2.58. The van der Waals surface area contributed by atoms with Gasteiger partial charge < -0.3 is 34.5 Å². The number of nitrogens with one attached hydrogen (secondary N) is 2. The maximum atomic E-state index is 14.7.